The van der Waals surface area contributed by atoms with E-state index in [-0.39, 0.29) is 5.91 Å². The molecule has 0 aromatic carbocycles. The lowest BCUT2D eigenvalue weighted by molar-refractivity contribution is 0.0949. The van der Waals surface area contributed by atoms with Crippen molar-refractivity contribution in [2.75, 3.05) is 24.5 Å². The number of amides is 1. The Labute approximate surface area is 126 Å². The highest BCUT2D eigenvalue weighted by Crippen LogP contribution is 2.24. The molecule has 1 aliphatic rings. The summed E-state index contributed by atoms with van der Waals surface area (Å²) in [5.74, 6) is 0.558. The fraction of sp³-hybridized carbons (Fsp3) is 0.429. The molecule has 1 amide bonds. The summed E-state index contributed by atoms with van der Waals surface area (Å²) in [6.07, 6.45) is 4.19. The molecule has 4 nitrogen and oxygen atoms in total. The third kappa shape index (κ3) is 3.19. The van der Waals surface area contributed by atoms with E-state index < -0.39 is 0 Å². The molecule has 0 radical (unpaired) electrons. The van der Waals surface area contributed by atoms with Crippen LogP contribution in [0, 0.1) is 5.92 Å². The van der Waals surface area contributed by atoms with Crippen LogP contribution in [0.2, 0.25) is 0 Å². The Hall–Kier alpha value is -1.40. The van der Waals surface area contributed by atoms with Crippen molar-refractivity contribution in [3.05, 3.63) is 34.0 Å². The van der Waals surface area contributed by atoms with Crippen molar-refractivity contribution >= 4 is 33.7 Å². The van der Waals surface area contributed by atoms with E-state index in [0.717, 1.165) is 29.6 Å². The van der Waals surface area contributed by atoms with Crippen LogP contribution >= 0.6 is 22.7 Å². The van der Waals surface area contributed by atoms with Crippen LogP contribution in [-0.2, 0) is 0 Å². The van der Waals surface area contributed by atoms with Gasteiger partial charge in [-0.1, -0.05) is 6.07 Å². The summed E-state index contributed by atoms with van der Waals surface area (Å²) in [4.78, 5) is 19.4. The predicted octanol–water partition coefficient (Wildman–Crippen LogP) is 2.85. The van der Waals surface area contributed by atoms with E-state index in [4.69, 9.17) is 0 Å². The smallest absolute Gasteiger partial charge is 0.261 e. The van der Waals surface area contributed by atoms with E-state index in [1.807, 2.05) is 29.1 Å². The predicted molar refractivity (Wildman–Crippen MR) is 83.7 cm³/mol. The maximum atomic E-state index is 11.9. The molecule has 1 aliphatic heterocycles. The first-order valence-corrected chi connectivity index (χ1v) is 8.55. The first-order chi connectivity index (χ1) is 9.83. The quantitative estimate of drug-likeness (QED) is 0.944. The fourth-order valence-electron chi connectivity index (χ4n) is 2.51. The van der Waals surface area contributed by atoms with Crippen molar-refractivity contribution in [2.45, 2.75) is 12.8 Å². The van der Waals surface area contributed by atoms with Gasteiger partial charge in [-0.2, -0.15) is 0 Å². The van der Waals surface area contributed by atoms with Gasteiger partial charge in [0.2, 0.25) is 0 Å². The Morgan fingerprint density at radius 2 is 2.40 bits per heavy atom. The number of carbonyl (C=O) groups is 1. The maximum absolute atomic E-state index is 11.9. The second-order valence-electron chi connectivity index (χ2n) is 4.96. The van der Waals surface area contributed by atoms with Crippen molar-refractivity contribution in [3.8, 4) is 0 Å². The number of hydrogen-bond donors (Lipinski definition) is 1. The summed E-state index contributed by atoms with van der Waals surface area (Å²) in [5, 5.41) is 8.09. The molecular formula is C14H17N3OS2. The van der Waals surface area contributed by atoms with E-state index >= 15 is 0 Å². The van der Waals surface area contributed by atoms with Crippen LogP contribution < -0.4 is 10.2 Å². The van der Waals surface area contributed by atoms with Crippen LogP contribution in [0.25, 0.3) is 0 Å². The second-order valence-corrected chi connectivity index (χ2v) is 6.78. The number of rotatable bonds is 4. The number of hydrogen-bond acceptors (Lipinski definition) is 5. The third-order valence-electron chi connectivity index (χ3n) is 3.51. The highest BCUT2D eigenvalue weighted by molar-refractivity contribution is 7.13. The van der Waals surface area contributed by atoms with Gasteiger partial charge in [0.1, 0.15) is 0 Å². The van der Waals surface area contributed by atoms with Gasteiger partial charge in [-0.3, -0.25) is 4.79 Å². The van der Waals surface area contributed by atoms with Gasteiger partial charge in [0.25, 0.3) is 5.91 Å². The number of nitrogens with zero attached hydrogens (tertiary/aromatic N) is 2. The minimum Gasteiger partial charge on any atom is -0.351 e. The number of piperidine rings is 1. The van der Waals surface area contributed by atoms with E-state index in [1.54, 1.807) is 11.3 Å². The topological polar surface area (TPSA) is 45.2 Å². The number of thiophene rings is 1. The minimum absolute atomic E-state index is 0.0476. The number of carbonyl (C=O) groups excluding carboxylic acids is 1. The monoisotopic (exact) mass is 307 g/mol. The number of nitrogens with one attached hydrogen (secondary N) is 1. The van der Waals surface area contributed by atoms with Crippen molar-refractivity contribution in [3.63, 3.8) is 0 Å². The van der Waals surface area contributed by atoms with Crippen molar-refractivity contribution in [1.29, 1.82) is 0 Å². The highest BCUT2D eigenvalue weighted by Gasteiger charge is 2.22. The molecule has 6 heteroatoms. The molecule has 0 saturated carbocycles. The zero-order valence-electron chi connectivity index (χ0n) is 11.1. The molecule has 1 saturated heterocycles. The van der Waals surface area contributed by atoms with Crippen LogP contribution in [0.15, 0.2) is 29.1 Å². The molecule has 2 aromatic heterocycles. The normalized spacial score (nSPS) is 19.0. The number of anilines is 1. The molecular weight excluding hydrogens is 290 g/mol. The molecule has 0 spiro atoms. The van der Waals surface area contributed by atoms with Gasteiger partial charge in [-0.05, 0) is 30.2 Å². The molecule has 1 unspecified atom stereocenters. The summed E-state index contributed by atoms with van der Waals surface area (Å²) >= 11 is 3.17. The Balaban J connectivity index is 1.52. The summed E-state index contributed by atoms with van der Waals surface area (Å²) in [7, 11) is 0. The van der Waals surface area contributed by atoms with E-state index in [1.165, 1.54) is 24.2 Å². The molecule has 1 fully saturated rings. The van der Waals surface area contributed by atoms with Crippen LogP contribution in [0.5, 0.6) is 0 Å². The van der Waals surface area contributed by atoms with Gasteiger partial charge in [-0.25, -0.2) is 4.98 Å². The molecule has 106 valence electrons. The maximum Gasteiger partial charge on any atom is 0.261 e. The summed E-state index contributed by atoms with van der Waals surface area (Å²) in [6.45, 7) is 2.81. The first kappa shape index (κ1) is 13.6. The number of thiazole rings is 1. The van der Waals surface area contributed by atoms with Gasteiger partial charge in [0.05, 0.1) is 4.88 Å². The summed E-state index contributed by atoms with van der Waals surface area (Å²) in [5.41, 5.74) is 0. The fourth-order valence-corrected chi connectivity index (χ4v) is 3.83. The molecule has 2 aromatic rings. The summed E-state index contributed by atoms with van der Waals surface area (Å²) in [6, 6.07) is 3.77. The van der Waals surface area contributed by atoms with Gasteiger partial charge in [0.15, 0.2) is 5.13 Å². The lowest BCUT2D eigenvalue weighted by atomic mass is 9.98. The van der Waals surface area contributed by atoms with E-state index in [0.29, 0.717) is 5.92 Å². The van der Waals surface area contributed by atoms with Gasteiger partial charge >= 0.3 is 0 Å². The van der Waals surface area contributed by atoms with E-state index in [9.17, 15) is 4.79 Å². The lowest BCUT2D eigenvalue weighted by Crippen LogP contribution is -2.40. The standard InChI is InChI=1S/C14H17N3OS2/c18-13(12-4-2-7-19-12)16-9-11-3-1-6-17(10-11)14-15-5-8-20-14/h2,4-5,7-8,11H,1,3,6,9-10H2,(H,16,18). The molecule has 0 bridgehead atoms. The van der Waals surface area contributed by atoms with Gasteiger partial charge in [0, 0.05) is 31.2 Å². The Kier molecular flexibility index (Phi) is 4.32. The Morgan fingerprint density at radius 1 is 1.45 bits per heavy atom. The van der Waals surface area contributed by atoms with Crippen molar-refractivity contribution in [1.82, 2.24) is 10.3 Å². The van der Waals surface area contributed by atoms with E-state index in [2.05, 4.69) is 15.2 Å². The van der Waals surface area contributed by atoms with Crippen LogP contribution in [-0.4, -0.2) is 30.5 Å². The number of aromatic nitrogens is 1. The van der Waals surface area contributed by atoms with Crippen molar-refractivity contribution < 1.29 is 4.79 Å². The van der Waals surface area contributed by atoms with Crippen LogP contribution in [0.4, 0.5) is 5.13 Å². The Bertz CT molecular complexity index is 539. The third-order valence-corrected chi connectivity index (χ3v) is 5.21. The summed E-state index contributed by atoms with van der Waals surface area (Å²) < 4.78 is 0. The molecule has 3 rings (SSSR count). The average molecular weight is 307 g/mol. The van der Waals surface area contributed by atoms with Gasteiger partial charge < -0.3 is 10.2 Å². The van der Waals surface area contributed by atoms with Crippen LogP contribution in [0.1, 0.15) is 22.5 Å². The zero-order chi connectivity index (χ0) is 13.8. The Morgan fingerprint density at radius 3 is 3.15 bits per heavy atom. The minimum atomic E-state index is 0.0476. The molecule has 1 atom stereocenters. The average Bonchev–Trinajstić information content (AvgIpc) is 3.17. The molecule has 0 aliphatic carbocycles. The largest absolute Gasteiger partial charge is 0.351 e. The highest BCUT2D eigenvalue weighted by atomic mass is 32.1. The SMILES string of the molecule is O=C(NCC1CCCN(c2nccs2)C1)c1cccs1. The zero-order valence-corrected chi connectivity index (χ0v) is 12.8. The molecule has 3 heterocycles. The first-order valence-electron chi connectivity index (χ1n) is 6.79. The molecule has 20 heavy (non-hydrogen) atoms. The lowest BCUT2D eigenvalue weighted by Gasteiger charge is -2.32. The second kappa shape index (κ2) is 6.37. The molecule has 1 N–H and O–H groups in total. The van der Waals surface area contributed by atoms with Crippen molar-refractivity contribution in [2.24, 2.45) is 5.92 Å². The van der Waals surface area contributed by atoms with Gasteiger partial charge in [-0.15, -0.1) is 22.7 Å². The van der Waals surface area contributed by atoms with Crippen LogP contribution in [0.3, 0.4) is 0 Å².